The van der Waals surface area contributed by atoms with E-state index in [4.69, 9.17) is 9.47 Å². The summed E-state index contributed by atoms with van der Waals surface area (Å²) in [6, 6.07) is 2.08. The molecule has 0 aliphatic carbocycles. The maximum atomic E-state index is 11.2. The molecule has 1 aliphatic heterocycles. The SMILES string of the molecule is COC(Cc1sccc1C1(O)CCN(CCC(C)C)CC1)OC. The number of nitrogens with zero attached hydrogens (tertiary/aromatic N) is 1. The average Bonchev–Trinajstić information content (AvgIpc) is 3.01. The molecule has 0 atom stereocenters. The van der Waals surface area contributed by atoms with Crippen molar-refractivity contribution in [3.63, 3.8) is 0 Å². The van der Waals surface area contributed by atoms with Crippen LogP contribution in [0.3, 0.4) is 0 Å². The number of likely N-dealkylation sites (tertiary alicyclic amines) is 1. The molecule has 1 saturated heterocycles. The molecule has 1 fully saturated rings. The first-order chi connectivity index (χ1) is 11.0. The molecule has 4 nitrogen and oxygen atoms in total. The largest absolute Gasteiger partial charge is 0.385 e. The highest BCUT2D eigenvalue weighted by Crippen LogP contribution is 2.37. The second-order valence-electron chi connectivity index (χ2n) is 6.92. The van der Waals surface area contributed by atoms with Gasteiger partial charge in [0.15, 0.2) is 6.29 Å². The van der Waals surface area contributed by atoms with E-state index in [0.717, 1.165) is 44.0 Å². The normalized spacial score (nSPS) is 18.9. The van der Waals surface area contributed by atoms with Gasteiger partial charge < -0.3 is 19.5 Å². The number of piperidine rings is 1. The van der Waals surface area contributed by atoms with Gasteiger partial charge in [-0.15, -0.1) is 11.3 Å². The summed E-state index contributed by atoms with van der Waals surface area (Å²) in [5, 5.41) is 13.2. The van der Waals surface area contributed by atoms with Crippen molar-refractivity contribution in [2.75, 3.05) is 33.9 Å². The van der Waals surface area contributed by atoms with Crippen molar-refractivity contribution >= 4 is 11.3 Å². The van der Waals surface area contributed by atoms with Crippen molar-refractivity contribution < 1.29 is 14.6 Å². The first-order valence-electron chi connectivity index (χ1n) is 8.55. The summed E-state index contributed by atoms with van der Waals surface area (Å²) >= 11 is 1.68. The number of ether oxygens (including phenoxy) is 2. The second kappa shape index (κ2) is 8.58. The minimum atomic E-state index is -0.699. The van der Waals surface area contributed by atoms with Gasteiger partial charge in [-0.25, -0.2) is 0 Å². The molecule has 2 rings (SSSR count). The number of hydrogen-bond acceptors (Lipinski definition) is 5. The van der Waals surface area contributed by atoms with Crippen LogP contribution in [0.5, 0.6) is 0 Å². The third-order valence-corrected chi connectivity index (χ3v) is 5.77. The summed E-state index contributed by atoms with van der Waals surface area (Å²) in [7, 11) is 3.31. The van der Waals surface area contributed by atoms with Gasteiger partial charge in [0.25, 0.3) is 0 Å². The summed E-state index contributed by atoms with van der Waals surface area (Å²) in [4.78, 5) is 3.66. The zero-order valence-corrected chi connectivity index (χ0v) is 15.7. The van der Waals surface area contributed by atoms with Crippen molar-refractivity contribution in [2.24, 2.45) is 5.92 Å². The molecule has 0 unspecified atom stereocenters. The van der Waals surface area contributed by atoms with Crippen LogP contribution < -0.4 is 0 Å². The first kappa shape index (κ1) is 18.9. The van der Waals surface area contributed by atoms with E-state index in [1.165, 1.54) is 11.3 Å². The van der Waals surface area contributed by atoms with Crippen LogP contribution in [0.25, 0.3) is 0 Å². The number of hydrogen-bond donors (Lipinski definition) is 1. The Balaban J connectivity index is 1.98. The number of rotatable bonds is 8. The lowest BCUT2D eigenvalue weighted by atomic mass is 9.84. The third kappa shape index (κ3) is 5.00. The molecule has 1 aromatic heterocycles. The minimum absolute atomic E-state index is 0.248. The highest BCUT2D eigenvalue weighted by Gasteiger charge is 2.36. The summed E-state index contributed by atoms with van der Waals surface area (Å²) in [5.41, 5.74) is 0.375. The van der Waals surface area contributed by atoms with E-state index in [2.05, 4.69) is 30.2 Å². The molecule has 0 aromatic carbocycles. The van der Waals surface area contributed by atoms with E-state index in [-0.39, 0.29) is 6.29 Å². The Bertz CT molecular complexity index is 463. The van der Waals surface area contributed by atoms with E-state index in [0.29, 0.717) is 6.42 Å². The average molecular weight is 342 g/mol. The van der Waals surface area contributed by atoms with Crippen molar-refractivity contribution in [2.45, 2.75) is 51.4 Å². The van der Waals surface area contributed by atoms with Gasteiger partial charge in [-0.2, -0.15) is 0 Å². The van der Waals surface area contributed by atoms with Gasteiger partial charge in [0.05, 0.1) is 5.60 Å². The zero-order chi connectivity index (χ0) is 16.9. The topological polar surface area (TPSA) is 41.9 Å². The van der Waals surface area contributed by atoms with E-state index in [1.54, 1.807) is 25.6 Å². The Labute approximate surface area is 144 Å². The maximum Gasteiger partial charge on any atom is 0.161 e. The van der Waals surface area contributed by atoms with Gasteiger partial charge in [-0.05, 0) is 48.7 Å². The Morgan fingerprint density at radius 3 is 2.48 bits per heavy atom. The molecule has 0 bridgehead atoms. The monoisotopic (exact) mass is 341 g/mol. The molecule has 1 N–H and O–H groups in total. The molecule has 0 amide bonds. The summed E-state index contributed by atoms with van der Waals surface area (Å²) in [6.45, 7) is 7.60. The fourth-order valence-electron chi connectivity index (χ4n) is 3.18. The van der Waals surface area contributed by atoms with Gasteiger partial charge in [0.2, 0.25) is 0 Å². The Morgan fingerprint density at radius 2 is 1.91 bits per heavy atom. The van der Waals surface area contributed by atoms with Gasteiger partial charge >= 0.3 is 0 Å². The van der Waals surface area contributed by atoms with Crippen molar-refractivity contribution in [1.29, 1.82) is 0 Å². The number of thiophene rings is 1. The Morgan fingerprint density at radius 1 is 1.26 bits per heavy atom. The molecule has 0 spiro atoms. The van der Waals surface area contributed by atoms with Crippen LogP contribution in [0.1, 0.15) is 43.6 Å². The van der Waals surface area contributed by atoms with Crippen molar-refractivity contribution in [1.82, 2.24) is 4.90 Å². The Hall–Kier alpha value is -0.460. The zero-order valence-electron chi connectivity index (χ0n) is 14.9. The Kier molecular flexibility index (Phi) is 7.04. The highest BCUT2D eigenvalue weighted by molar-refractivity contribution is 7.10. The number of methoxy groups -OCH3 is 2. The molecule has 1 aromatic rings. The maximum absolute atomic E-state index is 11.2. The van der Waals surface area contributed by atoms with Crippen LogP contribution in [0.15, 0.2) is 11.4 Å². The standard InChI is InChI=1S/C18H31NO3S/c1-14(2)5-9-19-10-7-18(20,8-11-19)15-6-12-23-16(15)13-17(21-3)22-4/h6,12,14,17,20H,5,7-11,13H2,1-4H3. The van der Waals surface area contributed by atoms with Crippen LogP contribution in [0, 0.1) is 5.92 Å². The van der Waals surface area contributed by atoms with Gasteiger partial charge in [-0.3, -0.25) is 0 Å². The predicted octanol–water partition coefficient (Wildman–Crippen LogP) is 3.24. The summed E-state index contributed by atoms with van der Waals surface area (Å²) in [5.74, 6) is 0.735. The van der Waals surface area contributed by atoms with Gasteiger partial charge in [0, 0.05) is 38.6 Å². The fraction of sp³-hybridized carbons (Fsp3) is 0.778. The lowest BCUT2D eigenvalue weighted by Crippen LogP contribution is -2.43. The first-order valence-corrected chi connectivity index (χ1v) is 9.43. The highest BCUT2D eigenvalue weighted by atomic mass is 32.1. The van der Waals surface area contributed by atoms with E-state index < -0.39 is 5.60 Å². The van der Waals surface area contributed by atoms with Crippen LogP contribution in [-0.4, -0.2) is 50.2 Å². The summed E-state index contributed by atoms with van der Waals surface area (Å²) in [6.07, 6.45) is 3.28. The van der Waals surface area contributed by atoms with Gasteiger partial charge in [-0.1, -0.05) is 13.8 Å². The molecule has 1 aliphatic rings. The van der Waals surface area contributed by atoms with Crippen LogP contribution in [0.4, 0.5) is 0 Å². The van der Waals surface area contributed by atoms with Crippen LogP contribution in [0.2, 0.25) is 0 Å². The smallest absolute Gasteiger partial charge is 0.161 e. The van der Waals surface area contributed by atoms with Crippen LogP contribution in [-0.2, 0) is 21.5 Å². The molecule has 132 valence electrons. The predicted molar refractivity (Wildman–Crippen MR) is 94.9 cm³/mol. The summed E-state index contributed by atoms with van der Waals surface area (Å²) < 4.78 is 10.6. The van der Waals surface area contributed by atoms with E-state index in [1.807, 2.05) is 0 Å². The quantitative estimate of drug-likeness (QED) is 0.737. The fourth-order valence-corrected chi connectivity index (χ4v) is 4.17. The lowest BCUT2D eigenvalue weighted by molar-refractivity contribution is -0.101. The lowest BCUT2D eigenvalue weighted by Gasteiger charge is -2.39. The van der Waals surface area contributed by atoms with Crippen molar-refractivity contribution in [3.05, 3.63) is 21.9 Å². The minimum Gasteiger partial charge on any atom is -0.385 e. The molecule has 0 radical (unpaired) electrons. The van der Waals surface area contributed by atoms with E-state index in [9.17, 15) is 5.11 Å². The molecular weight excluding hydrogens is 310 g/mol. The van der Waals surface area contributed by atoms with Crippen LogP contribution >= 0.6 is 11.3 Å². The third-order valence-electron chi connectivity index (χ3n) is 4.83. The molecule has 2 heterocycles. The molecule has 23 heavy (non-hydrogen) atoms. The second-order valence-corrected chi connectivity index (χ2v) is 7.92. The molecular formula is C18H31NO3S. The molecule has 0 saturated carbocycles. The van der Waals surface area contributed by atoms with Gasteiger partial charge in [0.1, 0.15) is 0 Å². The number of aliphatic hydroxyl groups is 1. The van der Waals surface area contributed by atoms with Crippen molar-refractivity contribution in [3.8, 4) is 0 Å². The van der Waals surface area contributed by atoms with E-state index >= 15 is 0 Å². The molecule has 5 heteroatoms.